The van der Waals surface area contributed by atoms with Crippen LogP contribution in [0.4, 0.5) is 5.82 Å². The number of piperidine rings is 1. The molecule has 0 bridgehead atoms. The van der Waals surface area contributed by atoms with Gasteiger partial charge in [-0.05, 0) is 38.5 Å². The Morgan fingerprint density at radius 2 is 2.05 bits per heavy atom. The van der Waals surface area contributed by atoms with Crippen LogP contribution in [0, 0.1) is 12.8 Å². The Morgan fingerprint density at radius 1 is 1.33 bits per heavy atom. The standard InChI is InChI=1S/C15H22N4O2/c1-10-8-13(17-9-16-10)19-6-4-11(5-7-19)14(20)15(21)18-12-2-3-12/h8-9,11-12,14,20H,2-7H2,1H3,(H,18,21)/t14-/m0/s1. The number of hydrogen-bond donors (Lipinski definition) is 2. The summed E-state index contributed by atoms with van der Waals surface area (Å²) in [6.07, 6.45) is 4.41. The molecule has 2 heterocycles. The van der Waals surface area contributed by atoms with Crippen molar-refractivity contribution in [2.24, 2.45) is 5.92 Å². The summed E-state index contributed by atoms with van der Waals surface area (Å²) in [6, 6.07) is 2.27. The second-order valence-electron chi connectivity index (χ2n) is 6.07. The van der Waals surface area contributed by atoms with Gasteiger partial charge in [-0.15, -0.1) is 0 Å². The SMILES string of the molecule is Cc1cc(N2CCC([C@H](O)C(=O)NC3CC3)CC2)ncn1. The lowest BCUT2D eigenvalue weighted by Gasteiger charge is -2.34. The highest BCUT2D eigenvalue weighted by Crippen LogP contribution is 2.25. The molecule has 1 saturated heterocycles. The maximum atomic E-state index is 11.9. The van der Waals surface area contributed by atoms with E-state index >= 15 is 0 Å². The zero-order valence-electron chi connectivity index (χ0n) is 12.3. The third-order valence-corrected chi connectivity index (χ3v) is 4.29. The van der Waals surface area contributed by atoms with E-state index in [2.05, 4.69) is 20.2 Å². The van der Waals surface area contributed by atoms with Crippen LogP contribution in [0.2, 0.25) is 0 Å². The molecule has 0 unspecified atom stereocenters. The maximum Gasteiger partial charge on any atom is 0.249 e. The van der Waals surface area contributed by atoms with Crippen molar-refractivity contribution < 1.29 is 9.90 Å². The fraction of sp³-hybridized carbons (Fsp3) is 0.667. The van der Waals surface area contributed by atoms with E-state index in [4.69, 9.17) is 0 Å². The highest BCUT2D eigenvalue weighted by molar-refractivity contribution is 5.81. The van der Waals surface area contributed by atoms with Crippen LogP contribution in [0.5, 0.6) is 0 Å². The lowest BCUT2D eigenvalue weighted by molar-refractivity contribution is -0.132. The summed E-state index contributed by atoms with van der Waals surface area (Å²) in [5.74, 6) is 0.773. The molecule has 1 amide bonds. The molecule has 1 aliphatic carbocycles. The number of amides is 1. The molecule has 2 N–H and O–H groups in total. The fourth-order valence-corrected chi connectivity index (χ4v) is 2.79. The number of aryl methyl sites for hydroxylation is 1. The van der Waals surface area contributed by atoms with Crippen molar-refractivity contribution in [1.82, 2.24) is 15.3 Å². The third-order valence-electron chi connectivity index (χ3n) is 4.29. The van der Waals surface area contributed by atoms with Crippen molar-refractivity contribution in [1.29, 1.82) is 0 Å². The van der Waals surface area contributed by atoms with E-state index in [0.717, 1.165) is 50.3 Å². The van der Waals surface area contributed by atoms with E-state index in [1.54, 1.807) is 6.33 Å². The summed E-state index contributed by atoms with van der Waals surface area (Å²) in [4.78, 5) is 22.5. The topological polar surface area (TPSA) is 78.4 Å². The van der Waals surface area contributed by atoms with Crippen molar-refractivity contribution in [2.45, 2.75) is 44.8 Å². The van der Waals surface area contributed by atoms with E-state index in [-0.39, 0.29) is 11.8 Å². The number of aliphatic hydroxyl groups is 1. The van der Waals surface area contributed by atoms with Crippen LogP contribution >= 0.6 is 0 Å². The Bertz CT molecular complexity index is 510. The number of rotatable bonds is 4. The van der Waals surface area contributed by atoms with Gasteiger partial charge in [-0.25, -0.2) is 9.97 Å². The first-order valence-corrected chi connectivity index (χ1v) is 7.65. The Balaban J connectivity index is 1.53. The normalized spacial score (nSPS) is 21.1. The van der Waals surface area contributed by atoms with Crippen molar-refractivity contribution >= 4 is 11.7 Å². The highest BCUT2D eigenvalue weighted by atomic mass is 16.3. The number of hydrogen-bond acceptors (Lipinski definition) is 5. The van der Waals surface area contributed by atoms with E-state index in [0.29, 0.717) is 6.04 Å². The van der Waals surface area contributed by atoms with Gasteiger partial charge >= 0.3 is 0 Å². The van der Waals surface area contributed by atoms with E-state index < -0.39 is 6.10 Å². The molecule has 21 heavy (non-hydrogen) atoms. The molecule has 1 saturated carbocycles. The highest BCUT2D eigenvalue weighted by Gasteiger charge is 2.33. The third kappa shape index (κ3) is 3.50. The molecule has 1 aliphatic heterocycles. The average Bonchev–Trinajstić information content (AvgIpc) is 3.30. The smallest absolute Gasteiger partial charge is 0.249 e. The summed E-state index contributed by atoms with van der Waals surface area (Å²) in [5, 5.41) is 13.0. The first-order valence-electron chi connectivity index (χ1n) is 7.65. The Hall–Kier alpha value is -1.69. The van der Waals surface area contributed by atoms with Gasteiger partial charge in [0.15, 0.2) is 0 Å². The second-order valence-corrected chi connectivity index (χ2v) is 6.07. The predicted octanol–water partition coefficient (Wildman–Crippen LogP) is 0.641. The minimum atomic E-state index is -0.875. The van der Waals surface area contributed by atoms with Gasteiger partial charge in [0.05, 0.1) is 0 Å². The Kier molecular flexibility index (Phi) is 4.05. The van der Waals surface area contributed by atoms with Crippen molar-refractivity contribution in [3.63, 3.8) is 0 Å². The molecule has 0 radical (unpaired) electrons. The predicted molar refractivity (Wildman–Crippen MR) is 78.9 cm³/mol. The Labute approximate surface area is 124 Å². The first kappa shape index (κ1) is 14.3. The molecule has 0 spiro atoms. The number of carbonyl (C=O) groups is 1. The number of anilines is 1. The van der Waals surface area contributed by atoms with Gasteiger partial charge in [0, 0.05) is 30.9 Å². The van der Waals surface area contributed by atoms with Crippen LogP contribution in [-0.4, -0.2) is 46.2 Å². The molecule has 6 nitrogen and oxygen atoms in total. The van der Waals surface area contributed by atoms with Gasteiger partial charge in [0.1, 0.15) is 18.2 Å². The van der Waals surface area contributed by atoms with Crippen LogP contribution in [0.25, 0.3) is 0 Å². The monoisotopic (exact) mass is 290 g/mol. The largest absolute Gasteiger partial charge is 0.383 e. The number of nitrogens with zero attached hydrogens (tertiary/aromatic N) is 3. The van der Waals surface area contributed by atoms with E-state index in [1.165, 1.54) is 0 Å². The van der Waals surface area contributed by atoms with Crippen molar-refractivity contribution in [3.8, 4) is 0 Å². The lowest BCUT2D eigenvalue weighted by Crippen LogP contribution is -2.45. The molecule has 1 atom stereocenters. The zero-order valence-corrected chi connectivity index (χ0v) is 12.3. The van der Waals surface area contributed by atoms with Gasteiger partial charge in [0.25, 0.3) is 0 Å². The van der Waals surface area contributed by atoms with Gasteiger partial charge in [-0.2, -0.15) is 0 Å². The molecule has 3 rings (SSSR count). The Morgan fingerprint density at radius 3 is 2.67 bits per heavy atom. The number of carbonyl (C=O) groups excluding carboxylic acids is 1. The van der Waals surface area contributed by atoms with Crippen LogP contribution in [0.1, 0.15) is 31.4 Å². The molecule has 1 aromatic heterocycles. The van der Waals surface area contributed by atoms with Crippen molar-refractivity contribution in [2.75, 3.05) is 18.0 Å². The van der Waals surface area contributed by atoms with Crippen molar-refractivity contribution in [3.05, 3.63) is 18.1 Å². The quantitative estimate of drug-likeness (QED) is 0.851. The second kappa shape index (κ2) is 5.97. The molecule has 0 aromatic carbocycles. The summed E-state index contributed by atoms with van der Waals surface area (Å²) in [7, 11) is 0. The van der Waals surface area contributed by atoms with Crippen LogP contribution in [0.15, 0.2) is 12.4 Å². The van der Waals surface area contributed by atoms with Gasteiger partial charge in [-0.3, -0.25) is 4.79 Å². The molecule has 2 aliphatic rings. The number of nitrogens with one attached hydrogen (secondary N) is 1. The van der Waals surface area contributed by atoms with Gasteiger partial charge in [-0.1, -0.05) is 0 Å². The minimum Gasteiger partial charge on any atom is -0.383 e. The van der Waals surface area contributed by atoms with Gasteiger partial charge in [0.2, 0.25) is 5.91 Å². The minimum absolute atomic E-state index is 0.0444. The van der Waals surface area contributed by atoms with Crippen LogP contribution in [0.3, 0.4) is 0 Å². The summed E-state index contributed by atoms with van der Waals surface area (Å²) in [5.41, 5.74) is 0.950. The summed E-state index contributed by atoms with van der Waals surface area (Å²) in [6.45, 7) is 3.58. The molecular formula is C15H22N4O2. The summed E-state index contributed by atoms with van der Waals surface area (Å²) < 4.78 is 0. The first-order chi connectivity index (χ1) is 10.1. The fourth-order valence-electron chi connectivity index (χ4n) is 2.79. The lowest BCUT2D eigenvalue weighted by atomic mass is 9.90. The number of aliphatic hydroxyl groups excluding tert-OH is 1. The number of aromatic nitrogens is 2. The summed E-state index contributed by atoms with van der Waals surface area (Å²) >= 11 is 0. The molecule has 6 heteroatoms. The van der Waals surface area contributed by atoms with E-state index in [1.807, 2.05) is 13.0 Å². The van der Waals surface area contributed by atoms with Crippen LogP contribution < -0.4 is 10.2 Å². The molecule has 114 valence electrons. The molecular weight excluding hydrogens is 268 g/mol. The average molecular weight is 290 g/mol. The maximum absolute atomic E-state index is 11.9. The van der Waals surface area contributed by atoms with Gasteiger partial charge < -0.3 is 15.3 Å². The zero-order chi connectivity index (χ0) is 14.8. The molecule has 1 aromatic rings. The molecule has 2 fully saturated rings. The van der Waals surface area contributed by atoms with E-state index in [9.17, 15) is 9.90 Å². The van der Waals surface area contributed by atoms with Crippen LogP contribution in [-0.2, 0) is 4.79 Å².